The minimum atomic E-state index is -3.12. The summed E-state index contributed by atoms with van der Waals surface area (Å²) in [6.07, 6.45) is 0.830. The summed E-state index contributed by atoms with van der Waals surface area (Å²) in [5, 5.41) is 2.91. The molecule has 4 nitrogen and oxygen atoms in total. The average molecular weight is 297 g/mol. The van der Waals surface area contributed by atoms with E-state index in [4.69, 9.17) is 9.05 Å². The topological polar surface area (TPSA) is 47.6 Å². The highest BCUT2D eigenvalue weighted by molar-refractivity contribution is 7.56. The van der Waals surface area contributed by atoms with Crippen molar-refractivity contribution < 1.29 is 13.6 Å². The molecule has 0 amide bonds. The monoisotopic (exact) mass is 297 g/mol. The summed E-state index contributed by atoms with van der Waals surface area (Å²) < 4.78 is 24.1. The second-order valence-electron chi connectivity index (χ2n) is 5.20. The lowest BCUT2D eigenvalue weighted by molar-refractivity contribution is 0.201. The molecule has 2 atom stereocenters. The van der Waals surface area contributed by atoms with Crippen molar-refractivity contribution in [3.8, 4) is 0 Å². The molecule has 0 aliphatic heterocycles. The molecule has 1 aliphatic rings. The van der Waals surface area contributed by atoms with Crippen molar-refractivity contribution in [1.82, 2.24) is 5.32 Å². The second kappa shape index (κ2) is 6.40. The first kappa shape index (κ1) is 15.7. The highest BCUT2D eigenvalue weighted by atomic mass is 31.2. The maximum absolute atomic E-state index is 13.0. The summed E-state index contributed by atoms with van der Waals surface area (Å²) in [6.45, 7) is 7.27. The van der Waals surface area contributed by atoms with Gasteiger partial charge in [0.2, 0.25) is 0 Å². The fourth-order valence-electron chi connectivity index (χ4n) is 2.59. The molecule has 2 rings (SSSR count). The van der Waals surface area contributed by atoms with Gasteiger partial charge in [-0.05, 0) is 31.7 Å². The first-order valence-electron chi connectivity index (χ1n) is 7.26. The zero-order valence-electron chi connectivity index (χ0n) is 12.5. The molecule has 0 aromatic heterocycles. The lowest BCUT2D eigenvalue weighted by atomic mass is 10.2. The van der Waals surface area contributed by atoms with E-state index >= 15 is 0 Å². The smallest absolute Gasteiger partial charge is 0.308 e. The van der Waals surface area contributed by atoms with E-state index < -0.39 is 12.9 Å². The van der Waals surface area contributed by atoms with E-state index in [0.29, 0.717) is 25.7 Å². The van der Waals surface area contributed by atoms with Gasteiger partial charge in [-0.2, -0.15) is 0 Å². The van der Waals surface area contributed by atoms with Crippen LogP contribution in [0.3, 0.4) is 0 Å². The first-order chi connectivity index (χ1) is 9.58. The predicted octanol–water partition coefficient (Wildman–Crippen LogP) is 3.78. The Morgan fingerprint density at radius 1 is 1.25 bits per heavy atom. The van der Waals surface area contributed by atoms with Crippen LogP contribution in [0, 0.1) is 5.92 Å². The zero-order chi connectivity index (χ0) is 14.6. The van der Waals surface area contributed by atoms with Crippen molar-refractivity contribution in [2.75, 3.05) is 13.2 Å². The largest absolute Gasteiger partial charge is 0.350 e. The third-order valence-corrected chi connectivity index (χ3v) is 6.76. The van der Waals surface area contributed by atoms with E-state index in [2.05, 4.69) is 24.4 Å². The van der Waals surface area contributed by atoms with Gasteiger partial charge in [-0.25, -0.2) is 0 Å². The van der Waals surface area contributed by atoms with Crippen molar-refractivity contribution in [2.24, 2.45) is 5.92 Å². The highest BCUT2D eigenvalue weighted by Gasteiger charge is 2.65. The fraction of sp³-hybridized carbons (Fsp3) is 0.600. The van der Waals surface area contributed by atoms with Gasteiger partial charge in [-0.15, -0.1) is 0 Å². The molecule has 0 unspecified atom stereocenters. The Kier molecular flexibility index (Phi) is 5.03. The van der Waals surface area contributed by atoms with Crippen LogP contribution >= 0.6 is 7.60 Å². The standard InChI is InChI=1S/C15H24NO3P/c1-4-18-20(17,19-5-2)15(11-13(15)3)16-12-14-9-7-6-8-10-14/h6-10,13,16H,4-5,11-12H2,1-3H3/t13-,15-/m0/s1. The average Bonchev–Trinajstić information content (AvgIpc) is 3.11. The van der Waals surface area contributed by atoms with E-state index in [1.807, 2.05) is 32.0 Å². The third-order valence-electron chi connectivity index (χ3n) is 3.80. The van der Waals surface area contributed by atoms with Gasteiger partial charge in [0.1, 0.15) is 5.28 Å². The molecule has 0 saturated heterocycles. The van der Waals surface area contributed by atoms with Crippen molar-refractivity contribution >= 4 is 7.60 Å². The number of hydrogen-bond acceptors (Lipinski definition) is 4. The summed E-state index contributed by atoms with van der Waals surface area (Å²) in [7, 11) is -3.12. The SMILES string of the molecule is CCOP(=O)(OCC)[C@@]1(NCc2ccccc2)C[C@@H]1C. The van der Waals surface area contributed by atoms with Crippen LogP contribution in [0.15, 0.2) is 30.3 Å². The van der Waals surface area contributed by atoms with Crippen LogP contribution in [0.4, 0.5) is 0 Å². The maximum atomic E-state index is 13.0. The van der Waals surface area contributed by atoms with Gasteiger partial charge < -0.3 is 9.05 Å². The molecular weight excluding hydrogens is 273 g/mol. The highest BCUT2D eigenvalue weighted by Crippen LogP contribution is 2.72. The van der Waals surface area contributed by atoms with Crippen molar-refractivity contribution in [1.29, 1.82) is 0 Å². The third kappa shape index (κ3) is 2.99. The Morgan fingerprint density at radius 2 is 1.80 bits per heavy atom. The Balaban J connectivity index is 2.11. The van der Waals surface area contributed by atoms with Gasteiger partial charge in [0.05, 0.1) is 13.2 Å². The van der Waals surface area contributed by atoms with Crippen LogP contribution in [0.2, 0.25) is 0 Å². The summed E-state index contributed by atoms with van der Waals surface area (Å²) >= 11 is 0. The lowest BCUT2D eigenvalue weighted by Crippen LogP contribution is -2.34. The van der Waals surface area contributed by atoms with Crippen LogP contribution in [0.1, 0.15) is 32.8 Å². The van der Waals surface area contributed by atoms with E-state index in [1.165, 1.54) is 5.56 Å². The molecule has 1 aromatic carbocycles. The van der Waals surface area contributed by atoms with Gasteiger partial charge in [-0.1, -0.05) is 37.3 Å². The molecular formula is C15H24NO3P. The summed E-state index contributed by atoms with van der Waals surface area (Å²) in [5.74, 6) is 0.301. The minimum absolute atomic E-state index is 0.301. The lowest BCUT2D eigenvalue weighted by Gasteiger charge is -2.28. The second-order valence-corrected chi connectivity index (χ2v) is 7.51. The number of benzene rings is 1. The molecule has 0 bridgehead atoms. The Hall–Kier alpha value is -0.670. The molecule has 20 heavy (non-hydrogen) atoms. The summed E-state index contributed by atoms with van der Waals surface area (Å²) in [6, 6.07) is 10.1. The molecule has 112 valence electrons. The maximum Gasteiger partial charge on any atom is 0.350 e. The predicted molar refractivity (Wildman–Crippen MR) is 80.7 cm³/mol. The molecule has 1 aromatic rings. The Labute approximate surface area is 121 Å². The molecule has 0 radical (unpaired) electrons. The van der Waals surface area contributed by atoms with Gasteiger partial charge in [0.25, 0.3) is 0 Å². The molecule has 5 heteroatoms. The van der Waals surface area contributed by atoms with Gasteiger partial charge >= 0.3 is 7.60 Å². The molecule has 0 spiro atoms. The molecule has 1 fully saturated rings. The minimum Gasteiger partial charge on any atom is -0.308 e. The quantitative estimate of drug-likeness (QED) is 0.742. The van der Waals surface area contributed by atoms with Crippen LogP contribution in [0.25, 0.3) is 0 Å². The van der Waals surface area contributed by atoms with Gasteiger partial charge in [0.15, 0.2) is 0 Å². The van der Waals surface area contributed by atoms with E-state index in [-0.39, 0.29) is 0 Å². The number of rotatable bonds is 8. The van der Waals surface area contributed by atoms with Crippen molar-refractivity contribution in [3.05, 3.63) is 35.9 Å². The van der Waals surface area contributed by atoms with Crippen LogP contribution in [-0.4, -0.2) is 18.5 Å². The van der Waals surface area contributed by atoms with Crippen LogP contribution < -0.4 is 5.32 Å². The molecule has 0 heterocycles. The van der Waals surface area contributed by atoms with Crippen molar-refractivity contribution in [3.63, 3.8) is 0 Å². The number of hydrogen-bond donors (Lipinski definition) is 1. The van der Waals surface area contributed by atoms with Crippen molar-refractivity contribution in [2.45, 2.75) is 39.0 Å². The summed E-state index contributed by atoms with van der Waals surface area (Å²) in [4.78, 5) is 0. The van der Waals surface area contributed by atoms with Gasteiger partial charge in [-0.3, -0.25) is 9.88 Å². The molecule has 1 N–H and O–H groups in total. The van der Waals surface area contributed by atoms with Crippen LogP contribution in [0.5, 0.6) is 0 Å². The fourth-order valence-corrected chi connectivity index (χ4v) is 5.12. The van der Waals surface area contributed by atoms with E-state index in [1.54, 1.807) is 0 Å². The van der Waals surface area contributed by atoms with E-state index in [0.717, 1.165) is 6.42 Å². The first-order valence-corrected chi connectivity index (χ1v) is 8.80. The Morgan fingerprint density at radius 3 is 2.25 bits per heavy atom. The summed E-state index contributed by atoms with van der Waals surface area (Å²) in [5.41, 5.74) is 1.17. The van der Waals surface area contributed by atoms with Gasteiger partial charge in [0, 0.05) is 6.54 Å². The zero-order valence-corrected chi connectivity index (χ0v) is 13.4. The van der Waals surface area contributed by atoms with Crippen LogP contribution in [-0.2, 0) is 20.2 Å². The van der Waals surface area contributed by atoms with E-state index in [9.17, 15) is 4.57 Å². The molecule has 1 saturated carbocycles. The normalized spacial score (nSPS) is 25.6. The Bertz CT molecular complexity index is 469. The number of nitrogens with one attached hydrogen (secondary N) is 1. The molecule has 1 aliphatic carbocycles.